The molecule has 0 aliphatic carbocycles. The lowest BCUT2D eigenvalue weighted by Gasteiger charge is -2.21. The molecule has 1 aromatic carbocycles. The average Bonchev–Trinajstić information content (AvgIpc) is 2.24. The Morgan fingerprint density at radius 3 is 2.50 bits per heavy atom. The van der Waals surface area contributed by atoms with Crippen LogP contribution in [0.25, 0.3) is 0 Å². The Hall–Kier alpha value is -1.01. The molecule has 0 aliphatic heterocycles. The summed E-state index contributed by atoms with van der Waals surface area (Å²) in [4.78, 5) is 1.64. The van der Waals surface area contributed by atoms with Crippen molar-refractivity contribution in [3.63, 3.8) is 0 Å². The van der Waals surface area contributed by atoms with Crippen LogP contribution in [0.5, 0.6) is 0 Å². The molecule has 0 radical (unpaired) electrons. The maximum Gasteiger partial charge on any atom is 0.390 e. The minimum Gasteiger partial charge on any atom is -0.389 e. The van der Waals surface area contributed by atoms with Gasteiger partial charge in [0, 0.05) is 19.2 Å². The minimum absolute atomic E-state index is 0.157. The van der Waals surface area contributed by atoms with Crippen LogP contribution in [0.1, 0.15) is 12.0 Å². The Kier molecular flexibility index (Phi) is 4.81. The van der Waals surface area contributed by atoms with Gasteiger partial charge in [0.1, 0.15) is 4.99 Å². The molecule has 0 aromatic heterocycles. The number of rotatable bonds is 4. The van der Waals surface area contributed by atoms with Gasteiger partial charge in [-0.2, -0.15) is 13.2 Å². The molecule has 1 rings (SSSR count). The van der Waals surface area contributed by atoms with Gasteiger partial charge in [-0.25, -0.2) is 0 Å². The van der Waals surface area contributed by atoms with Crippen LogP contribution in [0.4, 0.5) is 18.9 Å². The van der Waals surface area contributed by atoms with Crippen LogP contribution in [-0.4, -0.2) is 24.8 Å². The number of nitrogens with zero attached hydrogens (tertiary/aromatic N) is 1. The summed E-state index contributed by atoms with van der Waals surface area (Å²) < 4.78 is 36.3. The number of halogens is 4. The Labute approximate surface area is 114 Å². The number of anilines is 1. The number of thiocarbonyl (C=S) groups is 1. The smallest absolute Gasteiger partial charge is 0.389 e. The maximum atomic E-state index is 12.1. The van der Waals surface area contributed by atoms with Gasteiger partial charge in [-0.1, -0.05) is 23.8 Å². The first-order valence-corrected chi connectivity index (χ1v) is 5.86. The van der Waals surface area contributed by atoms with Gasteiger partial charge in [0.25, 0.3) is 0 Å². The highest BCUT2D eigenvalue weighted by Crippen LogP contribution is 2.28. The lowest BCUT2D eigenvalue weighted by molar-refractivity contribution is -0.132. The summed E-state index contributed by atoms with van der Waals surface area (Å²) in [6.45, 7) is -0.157. The zero-order valence-corrected chi connectivity index (χ0v) is 11.2. The number of hydrogen-bond donors (Lipinski definition) is 1. The largest absolute Gasteiger partial charge is 0.390 e. The summed E-state index contributed by atoms with van der Waals surface area (Å²) in [7, 11) is 1.55. The van der Waals surface area contributed by atoms with Gasteiger partial charge in [0.15, 0.2) is 0 Å². The summed E-state index contributed by atoms with van der Waals surface area (Å²) in [5, 5.41) is 0.324. The molecule has 18 heavy (non-hydrogen) atoms. The molecule has 0 saturated carbocycles. The molecule has 7 heteroatoms. The second kappa shape index (κ2) is 5.75. The van der Waals surface area contributed by atoms with Gasteiger partial charge in [-0.3, -0.25) is 0 Å². The van der Waals surface area contributed by atoms with Crippen molar-refractivity contribution in [3.05, 3.63) is 28.8 Å². The molecule has 0 aliphatic rings. The second-order valence-electron chi connectivity index (χ2n) is 3.82. The first-order valence-electron chi connectivity index (χ1n) is 5.08. The van der Waals surface area contributed by atoms with Crippen molar-refractivity contribution in [1.82, 2.24) is 0 Å². The van der Waals surface area contributed by atoms with Crippen LogP contribution in [-0.2, 0) is 0 Å². The molecule has 0 saturated heterocycles. The Bertz CT molecular complexity index is 448. The summed E-state index contributed by atoms with van der Waals surface area (Å²) in [5.74, 6) is 0. The average molecular weight is 297 g/mol. The van der Waals surface area contributed by atoms with E-state index in [0.717, 1.165) is 0 Å². The highest BCUT2D eigenvalue weighted by atomic mass is 35.5. The topological polar surface area (TPSA) is 29.3 Å². The maximum absolute atomic E-state index is 12.1. The van der Waals surface area contributed by atoms with Crippen molar-refractivity contribution >= 4 is 34.5 Å². The van der Waals surface area contributed by atoms with Gasteiger partial charge in [-0.05, 0) is 18.2 Å². The van der Waals surface area contributed by atoms with Crippen LogP contribution in [0.3, 0.4) is 0 Å². The first-order chi connectivity index (χ1) is 8.20. The summed E-state index contributed by atoms with van der Waals surface area (Å²) in [6, 6.07) is 4.78. The van der Waals surface area contributed by atoms with E-state index in [1.807, 2.05) is 0 Å². The lowest BCUT2D eigenvalue weighted by Crippen LogP contribution is -2.24. The van der Waals surface area contributed by atoms with Crippen LogP contribution >= 0.6 is 23.8 Å². The molecular weight excluding hydrogens is 285 g/mol. The molecule has 0 spiro atoms. The molecule has 0 amide bonds. The fourth-order valence-electron chi connectivity index (χ4n) is 1.38. The van der Waals surface area contributed by atoms with E-state index in [-0.39, 0.29) is 11.5 Å². The zero-order chi connectivity index (χ0) is 13.9. The van der Waals surface area contributed by atoms with Crippen molar-refractivity contribution in [3.8, 4) is 0 Å². The minimum atomic E-state index is -4.18. The standard InChI is InChI=1S/C11H12ClF3N2S/c1-17(5-4-11(13,14)15)9-3-2-7(10(16)18)6-8(9)12/h2-3,6H,4-5H2,1H3,(H2,16,18). The highest BCUT2D eigenvalue weighted by Gasteiger charge is 2.27. The fraction of sp³-hybridized carbons (Fsp3) is 0.364. The molecule has 0 atom stereocenters. The highest BCUT2D eigenvalue weighted by molar-refractivity contribution is 7.80. The van der Waals surface area contributed by atoms with Crippen LogP contribution in [0.15, 0.2) is 18.2 Å². The van der Waals surface area contributed by atoms with Gasteiger partial charge in [-0.15, -0.1) is 0 Å². The Balaban J connectivity index is 2.80. The van der Waals surface area contributed by atoms with E-state index in [1.54, 1.807) is 25.2 Å². The van der Waals surface area contributed by atoms with Crippen molar-refractivity contribution in [2.75, 3.05) is 18.5 Å². The third kappa shape index (κ3) is 4.34. The van der Waals surface area contributed by atoms with E-state index in [0.29, 0.717) is 16.3 Å². The third-order valence-electron chi connectivity index (χ3n) is 2.37. The zero-order valence-electron chi connectivity index (χ0n) is 9.59. The monoisotopic (exact) mass is 296 g/mol. The van der Waals surface area contributed by atoms with Gasteiger partial charge in [0.05, 0.1) is 17.1 Å². The molecule has 0 fully saturated rings. The molecule has 0 heterocycles. The SMILES string of the molecule is CN(CCC(F)(F)F)c1ccc(C(N)=S)cc1Cl. The summed E-state index contributed by atoms with van der Waals surface area (Å²) >= 11 is 10.8. The van der Waals surface area contributed by atoms with Crippen molar-refractivity contribution in [1.29, 1.82) is 0 Å². The Morgan fingerprint density at radius 2 is 2.06 bits per heavy atom. The predicted molar refractivity (Wildman–Crippen MR) is 71.3 cm³/mol. The Morgan fingerprint density at radius 1 is 1.44 bits per heavy atom. The van der Waals surface area contributed by atoms with Gasteiger partial charge >= 0.3 is 6.18 Å². The van der Waals surface area contributed by atoms with E-state index in [9.17, 15) is 13.2 Å². The molecule has 100 valence electrons. The van der Waals surface area contributed by atoms with Gasteiger partial charge < -0.3 is 10.6 Å². The van der Waals surface area contributed by atoms with E-state index < -0.39 is 12.6 Å². The number of hydrogen-bond acceptors (Lipinski definition) is 2. The quantitative estimate of drug-likeness (QED) is 0.864. The molecular formula is C11H12ClF3N2S. The second-order valence-corrected chi connectivity index (χ2v) is 4.66. The number of benzene rings is 1. The van der Waals surface area contributed by atoms with Crippen molar-refractivity contribution in [2.45, 2.75) is 12.6 Å². The van der Waals surface area contributed by atoms with Crippen LogP contribution < -0.4 is 10.6 Å². The molecule has 2 N–H and O–H groups in total. The summed E-state index contributed by atoms with van der Waals surface area (Å²) in [6.07, 6.45) is -5.07. The van der Waals surface area contributed by atoms with E-state index in [2.05, 4.69) is 0 Å². The number of alkyl halides is 3. The molecule has 2 nitrogen and oxygen atoms in total. The van der Waals surface area contributed by atoms with E-state index in [4.69, 9.17) is 29.6 Å². The van der Waals surface area contributed by atoms with E-state index in [1.165, 1.54) is 4.90 Å². The first kappa shape index (κ1) is 15.0. The number of nitrogens with two attached hydrogens (primary N) is 1. The summed E-state index contributed by atoms with van der Waals surface area (Å²) in [5.41, 5.74) is 6.54. The van der Waals surface area contributed by atoms with E-state index >= 15 is 0 Å². The molecule has 0 unspecified atom stereocenters. The van der Waals surface area contributed by atoms with Gasteiger partial charge in [0.2, 0.25) is 0 Å². The lowest BCUT2D eigenvalue weighted by atomic mass is 10.2. The molecule has 1 aromatic rings. The van der Waals surface area contributed by atoms with Crippen LogP contribution in [0, 0.1) is 0 Å². The van der Waals surface area contributed by atoms with Crippen molar-refractivity contribution < 1.29 is 13.2 Å². The normalized spacial score (nSPS) is 11.4. The fourth-order valence-corrected chi connectivity index (χ4v) is 1.84. The third-order valence-corrected chi connectivity index (χ3v) is 2.91. The predicted octanol–water partition coefficient (Wildman–Crippen LogP) is 3.36. The molecule has 0 bridgehead atoms. The van der Waals surface area contributed by atoms with Crippen LogP contribution in [0.2, 0.25) is 5.02 Å². The van der Waals surface area contributed by atoms with Crippen molar-refractivity contribution in [2.24, 2.45) is 5.73 Å².